The van der Waals surface area contributed by atoms with Crippen LogP contribution in [-0.4, -0.2) is 30.7 Å². The van der Waals surface area contributed by atoms with E-state index in [1.54, 1.807) is 49.4 Å². The molecule has 1 unspecified atom stereocenters. The number of benzene rings is 3. The van der Waals surface area contributed by atoms with Gasteiger partial charge >= 0.3 is 0 Å². The highest BCUT2D eigenvalue weighted by Crippen LogP contribution is 2.30. The maximum atomic E-state index is 12.9. The Kier molecular flexibility index (Phi) is 5.44. The molecule has 4 rings (SSSR count). The molecule has 0 heterocycles. The summed E-state index contributed by atoms with van der Waals surface area (Å²) in [5.41, 5.74) is 2.04. The van der Waals surface area contributed by atoms with Crippen LogP contribution in [0.4, 0.5) is 5.69 Å². The fourth-order valence-corrected chi connectivity index (χ4v) is 3.50. The van der Waals surface area contributed by atoms with Crippen LogP contribution >= 0.6 is 0 Å². The highest BCUT2D eigenvalue weighted by atomic mass is 16.5. The van der Waals surface area contributed by atoms with Gasteiger partial charge in [-0.15, -0.1) is 0 Å². The minimum atomic E-state index is -0.897. The van der Waals surface area contributed by atoms with E-state index in [0.717, 1.165) is 0 Å². The van der Waals surface area contributed by atoms with Gasteiger partial charge in [-0.1, -0.05) is 24.3 Å². The lowest BCUT2D eigenvalue weighted by Crippen LogP contribution is -2.30. The molecule has 3 aromatic carbocycles. The number of carbonyl (C=O) groups is 3. The van der Waals surface area contributed by atoms with E-state index >= 15 is 0 Å². The molecule has 0 spiro atoms. The number of rotatable bonds is 5. The van der Waals surface area contributed by atoms with Crippen molar-refractivity contribution in [3.8, 4) is 17.6 Å². The maximum Gasteiger partial charge on any atom is 0.265 e. The summed E-state index contributed by atoms with van der Waals surface area (Å²) in [4.78, 5) is 38.2. The van der Waals surface area contributed by atoms with E-state index in [1.165, 1.54) is 25.3 Å². The van der Waals surface area contributed by atoms with Crippen LogP contribution in [0.1, 0.15) is 44.3 Å². The minimum Gasteiger partial charge on any atom is -0.493 e. The monoisotopic (exact) mass is 426 g/mol. The molecule has 0 radical (unpaired) electrons. The van der Waals surface area contributed by atoms with Crippen molar-refractivity contribution in [1.29, 1.82) is 5.26 Å². The zero-order chi connectivity index (χ0) is 22.8. The lowest BCUT2D eigenvalue weighted by Gasteiger charge is -2.19. The van der Waals surface area contributed by atoms with Crippen molar-refractivity contribution < 1.29 is 23.9 Å². The number of nitrogens with one attached hydrogen (secondary N) is 1. The molecule has 0 fully saturated rings. The molecule has 0 aliphatic heterocycles. The third-order valence-electron chi connectivity index (χ3n) is 5.16. The first kappa shape index (κ1) is 20.8. The van der Waals surface area contributed by atoms with Crippen LogP contribution in [0.2, 0.25) is 0 Å². The summed E-state index contributed by atoms with van der Waals surface area (Å²) in [6.45, 7) is 1.57. The number of nitrogens with zero attached hydrogens (tertiary/aromatic N) is 1. The third-order valence-corrected chi connectivity index (χ3v) is 5.16. The van der Waals surface area contributed by atoms with Crippen LogP contribution in [0, 0.1) is 11.3 Å². The van der Waals surface area contributed by atoms with Gasteiger partial charge in [0.2, 0.25) is 0 Å². The van der Waals surface area contributed by atoms with Crippen LogP contribution in [0.3, 0.4) is 0 Å². The van der Waals surface area contributed by atoms with Gasteiger partial charge in [-0.3, -0.25) is 14.4 Å². The molecular formula is C25H18N2O5. The lowest BCUT2D eigenvalue weighted by atomic mass is 9.84. The zero-order valence-electron chi connectivity index (χ0n) is 17.3. The summed E-state index contributed by atoms with van der Waals surface area (Å²) in [5, 5.41) is 11.7. The number of ketones is 2. The van der Waals surface area contributed by atoms with Gasteiger partial charge < -0.3 is 14.8 Å². The number of nitriles is 1. The van der Waals surface area contributed by atoms with E-state index in [2.05, 4.69) is 5.32 Å². The number of anilines is 1. The molecule has 158 valence electrons. The number of hydrogen-bond donors (Lipinski definition) is 1. The standard InChI is InChI=1S/C25H18N2O5/c1-14(32-21-10-7-15(13-26)11-22(21)31-2)25(30)27-16-8-9-19-20(12-16)24(29)18-6-4-3-5-17(18)23(19)28/h3-12,14H,1-2H3,(H,27,30). The first-order valence-corrected chi connectivity index (χ1v) is 9.81. The number of fused-ring (bicyclic) bond motifs is 2. The first-order valence-electron chi connectivity index (χ1n) is 9.81. The van der Waals surface area contributed by atoms with Crippen molar-refractivity contribution in [2.45, 2.75) is 13.0 Å². The van der Waals surface area contributed by atoms with E-state index in [4.69, 9.17) is 14.7 Å². The molecular weight excluding hydrogens is 408 g/mol. The summed E-state index contributed by atoms with van der Waals surface area (Å²) in [5.74, 6) is -0.292. The molecule has 0 saturated carbocycles. The van der Waals surface area contributed by atoms with Crippen LogP contribution in [0.5, 0.6) is 11.5 Å². The average molecular weight is 426 g/mol. The molecule has 7 nitrogen and oxygen atoms in total. The SMILES string of the molecule is COc1cc(C#N)ccc1OC(C)C(=O)Nc1ccc2c(c1)C(=O)c1ccccc1C2=O. The molecule has 0 aromatic heterocycles. The zero-order valence-corrected chi connectivity index (χ0v) is 17.3. The van der Waals surface area contributed by atoms with Crippen molar-refractivity contribution in [3.63, 3.8) is 0 Å². The predicted molar refractivity (Wildman–Crippen MR) is 116 cm³/mol. The molecule has 7 heteroatoms. The van der Waals surface area contributed by atoms with Crippen LogP contribution < -0.4 is 14.8 Å². The van der Waals surface area contributed by atoms with Crippen molar-refractivity contribution >= 4 is 23.2 Å². The Morgan fingerprint density at radius 1 is 0.906 bits per heavy atom. The fourth-order valence-electron chi connectivity index (χ4n) is 3.50. The minimum absolute atomic E-state index is 0.224. The Hall–Kier alpha value is -4.44. The van der Waals surface area contributed by atoms with Crippen LogP contribution in [0.25, 0.3) is 0 Å². The number of hydrogen-bond acceptors (Lipinski definition) is 6. The molecule has 1 aliphatic rings. The van der Waals surface area contributed by atoms with Crippen molar-refractivity contribution in [3.05, 3.63) is 88.5 Å². The van der Waals surface area contributed by atoms with Crippen LogP contribution in [-0.2, 0) is 4.79 Å². The van der Waals surface area contributed by atoms with E-state index in [1.807, 2.05) is 6.07 Å². The van der Waals surface area contributed by atoms with E-state index < -0.39 is 12.0 Å². The van der Waals surface area contributed by atoms with E-state index in [-0.39, 0.29) is 17.1 Å². The summed E-state index contributed by atoms with van der Waals surface area (Å²) < 4.78 is 10.9. The summed E-state index contributed by atoms with van der Waals surface area (Å²) in [7, 11) is 1.44. The van der Waals surface area contributed by atoms with Gasteiger partial charge in [-0.05, 0) is 37.3 Å². The highest BCUT2D eigenvalue weighted by Gasteiger charge is 2.29. The van der Waals surface area contributed by atoms with Crippen molar-refractivity contribution in [2.75, 3.05) is 12.4 Å². The largest absolute Gasteiger partial charge is 0.493 e. The van der Waals surface area contributed by atoms with Crippen LogP contribution in [0.15, 0.2) is 60.7 Å². The third kappa shape index (κ3) is 3.70. The normalized spacial score (nSPS) is 12.8. The maximum absolute atomic E-state index is 12.9. The summed E-state index contributed by atoms with van der Waals surface area (Å²) >= 11 is 0. The van der Waals surface area contributed by atoms with Gasteiger partial charge in [0.25, 0.3) is 5.91 Å². The molecule has 0 saturated heterocycles. The molecule has 32 heavy (non-hydrogen) atoms. The van der Waals surface area contributed by atoms with E-state index in [9.17, 15) is 14.4 Å². The van der Waals surface area contributed by atoms with Crippen molar-refractivity contribution in [1.82, 2.24) is 0 Å². The molecule has 1 atom stereocenters. The Morgan fingerprint density at radius 2 is 1.56 bits per heavy atom. The fraction of sp³-hybridized carbons (Fsp3) is 0.120. The number of methoxy groups -OCH3 is 1. The average Bonchev–Trinajstić information content (AvgIpc) is 2.82. The van der Waals surface area contributed by atoms with Crippen molar-refractivity contribution in [2.24, 2.45) is 0 Å². The Morgan fingerprint density at radius 3 is 2.22 bits per heavy atom. The van der Waals surface area contributed by atoms with Gasteiger partial charge in [-0.25, -0.2) is 0 Å². The molecule has 3 aromatic rings. The second-order valence-electron chi connectivity index (χ2n) is 7.19. The quantitative estimate of drug-likeness (QED) is 0.521. The van der Waals surface area contributed by atoms with Gasteiger partial charge in [0.1, 0.15) is 0 Å². The smallest absolute Gasteiger partial charge is 0.265 e. The molecule has 1 amide bonds. The van der Waals surface area contributed by atoms with E-state index in [0.29, 0.717) is 39.4 Å². The Bertz CT molecular complexity index is 1310. The number of ether oxygens (including phenoxy) is 2. The molecule has 1 N–H and O–H groups in total. The molecule has 0 bridgehead atoms. The number of carbonyl (C=O) groups excluding carboxylic acids is 3. The first-order chi connectivity index (χ1) is 15.4. The van der Waals surface area contributed by atoms with Gasteiger partial charge in [0.05, 0.1) is 18.7 Å². The number of amides is 1. The van der Waals surface area contributed by atoms with Gasteiger partial charge in [-0.2, -0.15) is 5.26 Å². The Balaban J connectivity index is 1.53. The van der Waals surface area contributed by atoms with Gasteiger partial charge in [0.15, 0.2) is 29.2 Å². The second-order valence-corrected chi connectivity index (χ2v) is 7.19. The second kappa shape index (κ2) is 8.36. The summed E-state index contributed by atoms with van der Waals surface area (Å²) in [6.07, 6.45) is -0.897. The summed E-state index contributed by atoms with van der Waals surface area (Å²) in [6, 6.07) is 17.9. The predicted octanol–water partition coefficient (Wildman–Crippen LogP) is 3.75. The highest BCUT2D eigenvalue weighted by molar-refractivity contribution is 6.28. The van der Waals surface area contributed by atoms with Gasteiger partial charge in [0, 0.05) is 34.0 Å². The lowest BCUT2D eigenvalue weighted by molar-refractivity contribution is -0.122. The molecule has 1 aliphatic carbocycles. The Labute approximate surface area is 184 Å². The topological polar surface area (TPSA) is 105 Å².